The summed E-state index contributed by atoms with van der Waals surface area (Å²) < 4.78 is 15.4. The molecule has 23 heavy (non-hydrogen) atoms. The van der Waals surface area contributed by atoms with E-state index in [1.165, 1.54) is 10.7 Å². The highest BCUT2D eigenvalue weighted by Gasteiger charge is 2.20. The third-order valence-corrected chi connectivity index (χ3v) is 3.09. The van der Waals surface area contributed by atoms with Crippen molar-refractivity contribution in [1.29, 1.82) is 0 Å². The first-order chi connectivity index (χ1) is 10.5. The van der Waals surface area contributed by atoms with Crippen LogP contribution in [0.2, 0.25) is 0 Å². The molecule has 0 fully saturated rings. The molecule has 0 aliphatic carbocycles. The smallest absolute Gasteiger partial charge is 0.291 e. The van der Waals surface area contributed by atoms with Crippen molar-refractivity contribution in [3.8, 4) is 5.69 Å². The second kappa shape index (κ2) is 8.59. The van der Waals surface area contributed by atoms with E-state index >= 15 is 0 Å². The average Bonchev–Trinajstić information content (AvgIpc) is 2.93. The number of carbonyl (C=O) groups excluding carboxylic acids is 1. The first-order valence-corrected chi connectivity index (χ1v) is 7.19. The third-order valence-electron chi connectivity index (χ3n) is 3.09. The maximum Gasteiger partial charge on any atom is 0.291 e. The van der Waals surface area contributed by atoms with Gasteiger partial charge in [-0.2, -0.15) is 0 Å². The number of hydrogen-bond acceptors (Lipinski definition) is 4. The van der Waals surface area contributed by atoms with Crippen LogP contribution in [0.1, 0.15) is 36.2 Å². The summed E-state index contributed by atoms with van der Waals surface area (Å²) >= 11 is 0. The van der Waals surface area contributed by atoms with E-state index in [0.717, 1.165) is 0 Å². The number of para-hydroxylation sites is 1. The van der Waals surface area contributed by atoms with Gasteiger partial charge in [-0.1, -0.05) is 26.0 Å². The highest BCUT2D eigenvalue weighted by atomic mass is 35.5. The Hall–Kier alpha value is -1.99. The molecule has 1 amide bonds. The molecule has 1 aromatic heterocycles. The number of amides is 1. The summed E-state index contributed by atoms with van der Waals surface area (Å²) in [5.74, 6) is -0.179. The highest BCUT2D eigenvalue weighted by molar-refractivity contribution is 5.90. The zero-order chi connectivity index (χ0) is 16.1. The van der Waals surface area contributed by atoms with E-state index < -0.39 is 5.82 Å². The number of nitrogens with one attached hydrogen (secondary N) is 2. The van der Waals surface area contributed by atoms with Crippen LogP contribution in [0.15, 0.2) is 24.3 Å². The minimum atomic E-state index is -0.406. The van der Waals surface area contributed by atoms with Crippen LogP contribution < -0.4 is 10.6 Å². The molecule has 8 heteroatoms. The molecule has 1 heterocycles. The number of aromatic nitrogens is 3. The molecule has 0 spiro atoms. The Balaban J connectivity index is 0.00000264. The molecule has 0 atom stereocenters. The van der Waals surface area contributed by atoms with Crippen LogP contribution in [0.5, 0.6) is 0 Å². The lowest BCUT2D eigenvalue weighted by Crippen LogP contribution is -2.31. The van der Waals surface area contributed by atoms with Crippen molar-refractivity contribution >= 4 is 18.3 Å². The van der Waals surface area contributed by atoms with Crippen molar-refractivity contribution in [2.24, 2.45) is 0 Å². The van der Waals surface area contributed by atoms with Crippen LogP contribution in [-0.4, -0.2) is 40.8 Å². The zero-order valence-corrected chi connectivity index (χ0v) is 14.2. The van der Waals surface area contributed by atoms with Crippen molar-refractivity contribution in [3.05, 3.63) is 41.7 Å². The van der Waals surface area contributed by atoms with Crippen LogP contribution >= 0.6 is 12.4 Å². The van der Waals surface area contributed by atoms with Crippen LogP contribution in [0, 0.1) is 5.82 Å². The fourth-order valence-electron chi connectivity index (χ4n) is 1.97. The van der Waals surface area contributed by atoms with Crippen molar-refractivity contribution in [3.63, 3.8) is 0 Å². The normalized spacial score (nSPS) is 10.5. The lowest BCUT2D eigenvalue weighted by molar-refractivity contribution is 0.0943. The maximum absolute atomic E-state index is 14.0. The quantitative estimate of drug-likeness (QED) is 0.787. The second-order valence-corrected chi connectivity index (χ2v) is 5.17. The van der Waals surface area contributed by atoms with Gasteiger partial charge in [0.2, 0.25) is 5.82 Å². The van der Waals surface area contributed by atoms with Gasteiger partial charge in [0.1, 0.15) is 17.3 Å². The van der Waals surface area contributed by atoms with Crippen LogP contribution in [-0.2, 0) is 0 Å². The zero-order valence-electron chi connectivity index (χ0n) is 13.3. The van der Waals surface area contributed by atoms with Crippen molar-refractivity contribution in [2.45, 2.75) is 19.8 Å². The minimum absolute atomic E-state index is 0. The van der Waals surface area contributed by atoms with E-state index in [9.17, 15) is 9.18 Å². The SMILES string of the molecule is CNCCNC(=O)c1nc(C(C)C)n(-c2ccccc2F)n1.Cl. The monoisotopic (exact) mass is 341 g/mol. The molecule has 0 bridgehead atoms. The Morgan fingerprint density at radius 2 is 2.00 bits per heavy atom. The van der Waals surface area contributed by atoms with Crippen molar-refractivity contribution < 1.29 is 9.18 Å². The third kappa shape index (κ3) is 4.49. The summed E-state index contributed by atoms with van der Waals surface area (Å²) in [7, 11) is 1.80. The van der Waals surface area contributed by atoms with Gasteiger partial charge in [0.25, 0.3) is 5.91 Å². The van der Waals surface area contributed by atoms with E-state index in [1.807, 2.05) is 13.8 Å². The molecule has 0 saturated carbocycles. The highest BCUT2D eigenvalue weighted by Crippen LogP contribution is 2.19. The lowest BCUT2D eigenvalue weighted by atomic mass is 10.2. The largest absolute Gasteiger partial charge is 0.348 e. The Morgan fingerprint density at radius 1 is 1.30 bits per heavy atom. The summed E-state index contributed by atoms with van der Waals surface area (Å²) in [5, 5.41) is 9.82. The average molecular weight is 342 g/mol. The summed E-state index contributed by atoms with van der Waals surface area (Å²) in [5.41, 5.74) is 0.285. The molecule has 2 aromatic rings. The molecule has 6 nitrogen and oxygen atoms in total. The Bertz CT molecular complexity index is 659. The number of hydrogen-bond donors (Lipinski definition) is 2. The summed E-state index contributed by atoms with van der Waals surface area (Å²) in [4.78, 5) is 16.3. The summed E-state index contributed by atoms with van der Waals surface area (Å²) in [6, 6.07) is 6.29. The summed E-state index contributed by atoms with van der Waals surface area (Å²) in [6.45, 7) is 4.96. The van der Waals surface area contributed by atoms with Gasteiger partial charge in [-0.15, -0.1) is 17.5 Å². The van der Waals surface area contributed by atoms with Crippen LogP contribution in [0.4, 0.5) is 4.39 Å². The molecular formula is C15H21ClFN5O. The fourth-order valence-corrected chi connectivity index (χ4v) is 1.97. The van der Waals surface area contributed by atoms with Gasteiger partial charge in [-0.05, 0) is 19.2 Å². The van der Waals surface area contributed by atoms with Gasteiger partial charge in [0.05, 0.1) is 0 Å². The number of carbonyl (C=O) groups is 1. The predicted molar refractivity (Wildman–Crippen MR) is 88.9 cm³/mol. The van der Waals surface area contributed by atoms with E-state index in [-0.39, 0.29) is 35.7 Å². The number of rotatable bonds is 6. The number of benzene rings is 1. The molecule has 0 radical (unpaired) electrons. The molecule has 126 valence electrons. The van der Waals surface area contributed by atoms with Gasteiger partial charge in [-0.3, -0.25) is 4.79 Å². The molecule has 0 aliphatic heterocycles. The van der Waals surface area contributed by atoms with Gasteiger partial charge in [0.15, 0.2) is 0 Å². The fraction of sp³-hybridized carbons (Fsp3) is 0.400. The van der Waals surface area contributed by atoms with Gasteiger partial charge < -0.3 is 10.6 Å². The topological polar surface area (TPSA) is 71.8 Å². The minimum Gasteiger partial charge on any atom is -0.348 e. The van der Waals surface area contributed by atoms with Crippen molar-refractivity contribution in [2.75, 3.05) is 20.1 Å². The Morgan fingerprint density at radius 3 is 2.61 bits per heavy atom. The number of halogens is 2. The molecule has 0 unspecified atom stereocenters. The standard InChI is InChI=1S/C15H20FN5O.ClH/c1-10(2)14-19-13(15(22)18-9-8-17-3)20-21(14)12-7-5-4-6-11(12)16;/h4-7,10,17H,8-9H2,1-3H3,(H,18,22);1H. The number of nitrogens with zero attached hydrogens (tertiary/aromatic N) is 3. The molecule has 2 rings (SSSR count). The summed E-state index contributed by atoms with van der Waals surface area (Å²) in [6.07, 6.45) is 0. The maximum atomic E-state index is 14.0. The second-order valence-electron chi connectivity index (χ2n) is 5.17. The van der Waals surface area contributed by atoms with Crippen LogP contribution in [0.3, 0.4) is 0 Å². The first kappa shape index (κ1) is 19.1. The van der Waals surface area contributed by atoms with E-state index in [2.05, 4.69) is 20.7 Å². The van der Waals surface area contributed by atoms with Gasteiger partial charge in [-0.25, -0.2) is 14.1 Å². The Labute approximate surface area is 140 Å². The molecular weight excluding hydrogens is 321 g/mol. The molecule has 0 saturated heterocycles. The first-order valence-electron chi connectivity index (χ1n) is 7.19. The van der Waals surface area contributed by atoms with Gasteiger partial charge >= 0.3 is 0 Å². The van der Waals surface area contributed by atoms with E-state index in [4.69, 9.17) is 0 Å². The van der Waals surface area contributed by atoms with Gasteiger partial charge in [0, 0.05) is 19.0 Å². The van der Waals surface area contributed by atoms with E-state index in [0.29, 0.717) is 18.9 Å². The van der Waals surface area contributed by atoms with Crippen LogP contribution in [0.25, 0.3) is 5.69 Å². The van der Waals surface area contributed by atoms with E-state index in [1.54, 1.807) is 25.2 Å². The van der Waals surface area contributed by atoms with Crippen molar-refractivity contribution in [1.82, 2.24) is 25.4 Å². The predicted octanol–water partition coefficient (Wildman–Crippen LogP) is 1.90. The number of likely N-dealkylation sites (N-methyl/N-ethyl adjacent to an activating group) is 1. The lowest BCUT2D eigenvalue weighted by Gasteiger charge is -2.08. The molecule has 0 aliphatic rings. The molecule has 1 aromatic carbocycles. The molecule has 2 N–H and O–H groups in total. The Kier molecular flexibility index (Phi) is 7.12.